The van der Waals surface area contributed by atoms with E-state index in [1.54, 1.807) is 6.26 Å². The van der Waals surface area contributed by atoms with Gasteiger partial charge in [0.15, 0.2) is 0 Å². The average Bonchev–Trinajstić information content (AvgIpc) is 2.98. The minimum atomic E-state index is -3.54. The predicted octanol–water partition coefficient (Wildman–Crippen LogP) is 1.28. The van der Waals surface area contributed by atoms with Gasteiger partial charge in [-0.2, -0.15) is 17.4 Å². The summed E-state index contributed by atoms with van der Waals surface area (Å²) in [7, 11) is -3.54. The number of nitrogens with one attached hydrogen (secondary N) is 1. The van der Waals surface area contributed by atoms with E-state index in [1.807, 2.05) is 19.1 Å². The Hall–Kier alpha value is -0.890. The number of hydrogen-bond donors (Lipinski definition) is 2. The van der Waals surface area contributed by atoms with Gasteiger partial charge in [-0.05, 0) is 38.3 Å². The number of aliphatic hydroxyl groups is 1. The maximum absolute atomic E-state index is 12.4. The largest absolute Gasteiger partial charge is 0.469 e. The molecule has 6 nitrogen and oxygen atoms in total. The van der Waals surface area contributed by atoms with E-state index in [0.717, 1.165) is 25.0 Å². The molecule has 1 fully saturated rings. The SMILES string of the molecule is CC(CCc1ccco1)NS(=O)(=O)N1CCCCC1CO. The molecule has 0 saturated carbocycles. The third-order valence-electron chi connectivity index (χ3n) is 3.85. The van der Waals surface area contributed by atoms with Gasteiger partial charge >= 0.3 is 0 Å². The first-order chi connectivity index (χ1) is 10.0. The molecule has 2 N–H and O–H groups in total. The van der Waals surface area contributed by atoms with Crippen molar-refractivity contribution in [1.82, 2.24) is 9.03 Å². The molecule has 1 aromatic heterocycles. The highest BCUT2D eigenvalue weighted by molar-refractivity contribution is 7.87. The van der Waals surface area contributed by atoms with Crippen LogP contribution in [0.25, 0.3) is 0 Å². The lowest BCUT2D eigenvalue weighted by Crippen LogP contribution is -2.52. The van der Waals surface area contributed by atoms with Crippen LogP contribution in [0.4, 0.5) is 0 Å². The molecule has 0 aliphatic carbocycles. The lowest BCUT2D eigenvalue weighted by Gasteiger charge is -2.34. The quantitative estimate of drug-likeness (QED) is 0.794. The standard InChI is InChI=1S/C14H24N2O4S/c1-12(7-8-14-6-4-10-20-14)15-21(18,19)16-9-3-2-5-13(16)11-17/h4,6,10,12-13,15,17H,2-3,5,7-9,11H2,1H3. The van der Waals surface area contributed by atoms with Gasteiger partial charge in [0.1, 0.15) is 5.76 Å². The van der Waals surface area contributed by atoms with E-state index in [1.165, 1.54) is 4.31 Å². The summed E-state index contributed by atoms with van der Waals surface area (Å²) in [6, 6.07) is 3.23. The second kappa shape index (κ2) is 7.40. The maximum Gasteiger partial charge on any atom is 0.280 e. The summed E-state index contributed by atoms with van der Waals surface area (Å²) in [5, 5.41) is 9.34. The van der Waals surface area contributed by atoms with Crippen LogP contribution in [0.5, 0.6) is 0 Å². The van der Waals surface area contributed by atoms with Crippen LogP contribution in [0, 0.1) is 0 Å². The van der Waals surface area contributed by atoms with Crippen molar-refractivity contribution in [3.8, 4) is 0 Å². The van der Waals surface area contributed by atoms with Gasteiger partial charge in [0, 0.05) is 25.0 Å². The Morgan fingerprint density at radius 1 is 1.52 bits per heavy atom. The van der Waals surface area contributed by atoms with Crippen molar-refractivity contribution in [2.24, 2.45) is 0 Å². The van der Waals surface area contributed by atoms with Crippen LogP contribution in [-0.4, -0.2) is 43.1 Å². The Morgan fingerprint density at radius 3 is 3.00 bits per heavy atom. The van der Waals surface area contributed by atoms with Gasteiger partial charge in [-0.15, -0.1) is 0 Å². The van der Waals surface area contributed by atoms with Crippen LogP contribution in [-0.2, 0) is 16.6 Å². The molecule has 0 aromatic carbocycles. The Balaban J connectivity index is 1.89. The number of furan rings is 1. The summed E-state index contributed by atoms with van der Waals surface area (Å²) in [6.07, 6.45) is 5.51. The highest BCUT2D eigenvalue weighted by atomic mass is 32.2. The van der Waals surface area contributed by atoms with Gasteiger partial charge in [-0.3, -0.25) is 0 Å². The molecule has 1 aliphatic heterocycles. The fraction of sp³-hybridized carbons (Fsp3) is 0.714. The van der Waals surface area contributed by atoms with Gasteiger partial charge < -0.3 is 9.52 Å². The van der Waals surface area contributed by atoms with E-state index in [9.17, 15) is 13.5 Å². The zero-order valence-electron chi connectivity index (χ0n) is 12.4. The second-order valence-corrected chi connectivity index (χ2v) is 7.24. The van der Waals surface area contributed by atoms with E-state index in [-0.39, 0.29) is 18.7 Å². The van der Waals surface area contributed by atoms with Crippen LogP contribution in [0.1, 0.15) is 38.4 Å². The molecule has 2 rings (SSSR count). The minimum Gasteiger partial charge on any atom is -0.469 e. The Kier molecular flexibility index (Phi) is 5.80. The average molecular weight is 316 g/mol. The summed E-state index contributed by atoms with van der Waals surface area (Å²) in [5.74, 6) is 0.854. The smallest absolute Gasteiger partial charge is 0.280 e. The lowest BCUT2D eigenvalue weighted by molar-refractivity contribution is 0.153. The monoisotopic (exact) mass is 316 g/mol. The Morgan fingerprint density at radius 2 is 2.33 bits per heavy atom. The third kappa shape index (κ3) is 4.54. The normalized spacial score (nSPS) is 22.3. The molecule has 0 radical (unpaired) electrons. The fourth-order valence-electron chi connectivity index (χ4n) is 2.67. The molecule has 2 unspecified atom stereocenters. The predicted molar refractivity (Wildman–Crippen MR) is 80.0 cm³/mol. The van der Waals surface area contributed by atoms with E-state index in [4.69, 9.17) is 4.42 Å². The van der Waals surface area contributed by atoms with Crippen molar-refractivity contribution < 1.29 is 17.9 Å². The van der Waals surface area contributed by atoms with Gasteiger partial charge in [-0.1, -0.05) is 6.42 Å². The molecule has 120 valence electrons. The zero-order chi connectivity index (χ0) is 15.3. The van der Waals surface area contributed by atoms with Crippen molar-refractivity contribution in [2.45, 2.75) is 51.1 Å². The van der Waals surface area contributed by atoms with E-state index < -0.39 is 10.2 Å². The molecule has 0 bridgehead atoms. The minimum absolute atomic E-state index is 0.123. The van der Waals surface area contributed by atoms with Crippen molar-refractivity contribution in [1.29, 1.82) is 0 Å². The topological polar surface area (TPSA) is 82.8 Å². The number of rotatable bonds is 7. The van der Waals surface area contributed by atoms with Gasteiger partial charge in [0.05, 0.1) is 12.9 Å². The number of nitrogens with zero attached hydrogens (tertiary/aromatic N) is 1. The molecule has 0 amide bonds. The summed E-state index contributed by atoms with van der Waals surface area (Å²) >= 11 is 0. The highest BCUT2D eigenvalue weighted by Crippen LogP contribution is 2.20. The van der Waals surface area contributed by atoms with Crippen molar-refractivity contribution in [3.05, 3.63) is 24.2 Å². The first kappa shape index (κ1) is 16.5. The highest BCUT2D eigenvalue weighted by Gasteiger charge is 2.32. The van der Waals surface area contributed by atoms with Gasteiger partial charge in [0.25, 0.3) is 10.2 Å². The summed E-state index contributed by atoms with van der Waals surface area (Å²) in [5.41, 5.74) is 0. The van der Waals surface area contributed by atoms with Crippen molar-refractivity contribution in [2.75, 3.05) is 13.2 Å². The summed E-state index contributed by atoms with van der Waals surface area (Å²) in [6.45, 7) is 2.20. The molecule has 0 spiro atoms. The Bertz CT molecular complexity index is 515. The molecule has 21 heavy (non-hydrogen) atoms. The zero-order valence-corrected chi connectivity index (χ0v) is 13.2. The lowest BCUT2D eigenvalue weighted by atomic mass is 10.1. The maximum atomic E-state index is 12.4. The molecular weight excluding hydrogens is 292 g/mol. The summed E-state index contributed by atoms with van der Waals surface area (Å²) < 4.78 is 34.2. The third-order valence-corrected chi connectivity index (χ3v) is 5.64. The molecule has 1 aromatic rings. The molecule has 2 atom stereocenters. The van der Waals surface area contributed by atoms with E-state index in [2.05, 4.69) is 4.72 Å². The van der Waals surface area contributed by atoms with E-state index in [0.29, 0.717) is 19.4 Å². The second-order valence-electron chi connectivity index (χ2n) is 5.58. The van der Waals surface area contributed by atoms with Crippen molar-refractivity contribution in [3.63, 3.8) is 0 Å². The number of aliphatic hydroxyl groups excluding tert-OH is 1. The summed E-state index contributed by atoms with van der Waals surface area (Å²) in [4.78, 5) is 0. The Labute approximate surface area is 126 Å². The molecule has 1 aliphatic rings. The molecule has 2 heterocycles. The molecule has 7 heteroatoms. The van der Waals surface area contributed by atoms with Crippen LogP contribution in [0.3, 0.4) is 0 Å². The van der Waals surface area contributed by atoms with Crippen molar-refractivity contribution >= 4 is 10.2 Å². The molecular formula is C14H24N2O4S. The fourth-order valence-corrected chi connectivity index (χ4v) is 4.36. The first-order valence-electron chi connectivity index (χ1n) is 7.45. The van der Waals surface area contributed by atoms with Gasteiger partial charge in [-0.25, -0.2) is 0 Å². The van der Waals surface area contributed by atoms with Crippen LogP contribution >= 0.6 is 0 Å². The van der Waals surface area contributed by atoms with Crippen LogP contribution in [0.2, 0.25) is 0 Å². The van der Waals surface area contributed by atoms with E-state index >= 15 is 0 Å². The van der Waals surface area contributed by atoms with Crippen LogP contribution in [0.15, 0.2) is 22.8 Å². The number of aryl methyl sites for hydroxylation is 1. The van der Waals surface area contributed by atoms with Gasteiger partial charge in [0.2, 0.25) is 0 Å². The number of hydrogen-bond acceptors (Lipinski definition) is 4. The van der Waals surface area contributed by atoms with Crippen LogP contribution < -0.4 is 4.72 Å². The number of piperidine rings is 1. The molecule has 1 saturated heterocycles. The first-order valence-corrected chi connectivity index (χ1v) is 8.89.